The van der Waals surface area contributed by atoms with Crippen LogP contribution in [0.25, 0.3) is 5.70 Å². The Balaban J connectivity index is 1.65. The zero-order valence-corrected chi connectivity index (χ0v) is 22.5. The number of fused-ring (bicyclic) bond motifs is 1. The van der Waals surface area contributed by atoms with Crippen LogP contribution in [0.2, 0.25) is 0 Å². The van der Waals surface area contributed by atoms with Gasteiger partial charge in [0.2, 0.25) is 0 Å². The van der Waals surface area contributed by atoms with Gasteiger partial charge in [0, 0.05) is 35.1 Å². The third-order valence-corrected chi connectivity index (χ3v) is 7.73. The molecular formula is C32H30N2O3S. The first kappa shape index (κ1) is 25.4. The second kappa shape index (κ2) is 10.6. The molecule has 5 nitrogen and oxygen atoms in total. The summed E-state index contributed by atoms with van der Waals surface area (Å²) in [6.07, 6.45) is 0. The lowest BCUT2D eigenvalue weighted by Gasteiger charge is -2.41. The van der Waals surface area contributed by atoms with Crippen LogP contribution in [0.3, 0.4) is 0 Å². The van der Waals surface area contributed by atoms with E-state index in [4.69, 9.17) is 19.9 Å². The molecule has 4 aromatic rings. The van der Waals surface area contributed by atoms with Crippen molar-refractivity contribution in [2.45, 2.75) is 5.60 Å². The van der Waals surface area contributed by atoms with Crippen molar-refractivity contribution in [3.05, 3.63) is 131 Å². The lowest BCUT2D eigenvalue weighted by Crippen LogP contribution is -2.39. The molecule has 0 saturated carbocycles. The molecule has 0 spiro atoms. The molecule has 6 heteroatoms. The summed E-state index contributed by atoms with van der Waals surface area (Å²) >= 11 is 1.48. The quantitative estimate of drug-likeness (QED) is 0.262. The fraction of sp³-hybridized carbons (Fsp3) is 0.125. The van der Waals surface area contributed by atoms with Gasteiger partial charge in [-0.25, -0.2) is 0 Å². The zero-order valence-electron chi connectivity index (χ0n) is 21.7. The molecule has 192 valence electrons. The lowest BCUT2D eigenvalue weighted by atomic mass is 9.82. The minimum atomic E-state index is -0.971. The van der Waals surface area contributed by atoms with Crippen molar-refractivity contribution in [1.82, 2.24) is 0 Å². The van der Waals surface area contributed by atoms with Gasteiger partial charge in [0.25, 0.3) is 0 Å². The van der Waals surface area contributed by atoms with E-state index in [0.29, 0.717) is 5.70 Å². The maximum absolute atomic E-state index is 6.94. The molecule has 1 aliphatic heterocycles. The van der Waals surface area contributed by atoms with Crippen LogP contribution in [0.5, 0.6) is 17.2 Å². The Labute approximate surface area is 228 Å². The van der Waals surface area contributed by atoms with Crippen molar-refractivity contribution < 1.29 is 14.2 Å². The van der Waals surface area contributed by atoms with Gasteiger partial charge in [-0.05, 0) is 66.1 Å². The van der Waals surface area contributed by atoms with Crippen LogP contribution in [-0.4, -0.2) is 21.3 Å². The van der Waals surface area contributed by atoms with Crippen LogP contribution in [0.1, 0.15) is 16.7 Å². The van der Waals surface area contributed by atoms with E-state index in [0.717, 1.165) is 50.2 Å². The van der Waals surface area contributed by atoms with Gasteiger partial charge in [0.05, 0.1) is 24.8 Å². The van der Waals surface area contributed by atoms with E-state index in [-0.39, 0.29) is 0 Å². The molecule has 2 N–H and O–H groups in total. The lowest BCUT2D eigenvalue weighted by molar-refractivity contribution is 0.155. The molecule has 0 aromatic heterocycles. The number of hydrogen-bond donors (Lipinski definition) is 1. The number of nitrogens with two attached hydrogens (primary N) is 1. The highest BCUT2D eigenvalue weighted by Crippen LogP contribution is 2.53. The average molecular weight is 523 g/mol. The highest BCUT2D eigenvalue weighted by atomic mass is 32.2. The predicted molar refractivity (Wildman–Crippen MR) is 157 cm³/mol. The van der Waals surface area contributed by atoms with Gasteiger partial charge in [0.15, 0.2) is 5.60 Å². The molecule has 0 bridgehead atoms. The number of anilines is 2. The van der Waals surface area contributed by atoms with Gasteiger partial charge in [0.1, 0.15) is 17.2 Å². The van der Waals surface area contributed by atoms with E-state index >= 15 is 0 Å². The Morgan fingerprint density at radius 3 is 1.84 bits per heavy atom. The molecule has 0 aliphatic carbocycles. The first-order valence-corrected chi connectivity index (χ1v) is 13.1. The van der Waals surface area contributed by atoms with Crippen molar-refractivity contribution >= 4 is 28.8 Å². The predicted octanol–water partition coefficient (Wildman–Crippen LogP) is 7.31. The van der Waals surface area contributed by atoms with Gasteiger partial charge in [-0.2, -0.15) is 0 Å². The Bertz CT molecular complexity index is 1460. The molecule has 0 saturated heterocycles. The Hall–Kier alpha value is -4.29. The van der Waals surface area contributed by atoms with Gasteiger partial charge in [-0.3, -0.25) is 0 Å². The third kappa shape index (κ3) is 4.37. The molecular weight excluding hydrogens is 492 g/mol. The van der Waals surface area contributed by atoms with Crippen molar-refractivity contribution in [3.63, 3.8) is 0 Å². The van der Waals surface area contributed by atoms with Gasteiger partial charge < -0.3 is 24.8 Å². The summed E-state index contributed by atoms with van der Waals surface area (Å²) in [4.78, 5) is 3.00. The van der Waals surface area contributed by atoms with Gasteiger partial charge >= 0.3 is 0 Å². The Kier molecular flexibility index (Phi) is 7.07. The number of nitrogens with zero attached hydrogens (tertiary/aromatic N) is 1. The summed E-state index contributed by atoms with van der Waals surface area (Å²) in [5.74, 6) is 2.32. The Morgan fingerprint density at radius 1 is 0.789 bits per heavy atom. The highest BCUT2D eigenvalue weighted by molar-refractivity contribution is 8.06. The molecule has 4 aromatic carbocycles. The van der Waals surface area contributed by atoms with E-state index in [2.05, 4.69) is 35.7 Å². The standard InChI is InChI=1S/C32H30N2O3S/c1-5-38-31-30(33)28-8-6-7-9-29(28)37-32(31,23-12-18-26(35-3)19-13-23)22-10-14-24(15-11-22)34(2)25-16-20-27(36-4)21-17-25/h5-21H,1,33H2,2-4H3. The van der Waals surface area contributed by atoms with E-state index in [1.54, 1.807) is 19.6 Å². The third-order valence-electron chi connectivity index (χ3n) is 6.82. The van der Waals surface area contributed by atoms with E-state index in [1.807, 2.05) is 79.8 Å². The van der Waals surface area contributed by atoms with Crippen LogP contribution in [0.15, 0.2) is 114 Å². The number of thioether (sulfide) groups is 1. The SMILES string of the molecule is C=CSC1=C(N)c2ccccc2OC1(c1ccc(OC)cc1)c1ccc(N(C)c2ccc(OC)cc2)cc1. The van der Waals surface area contributed by atoms with Crippen molar-refractivity contribution in [1.29, 1.82) is 0 Å². The van der Waals surface area contributed by atoms with Gasteiger partial charge in [-0.15, -0.1) is 0 Å². The molecule has 38 heavy (non-hydrogen) atoms. The number of rotatable bonds is 8. The molecule has 0 fully saturated rings. The molecule has 0 amide bonds. The second-order valence-electron chi connectivity index (χ2n) is 8.84. The van der Waals surface area contributed by atoms with E-state index < -0.39 is 5.60 Å². The topological polar surface area (TPSA) is 57.0 Å². The molecule has 1 aliphatic rings. The monoisotopic (exact) mass is 522 g/mol. The average Bonchev–Trinajstić information content (AvgIpc) is 2.98. The minimum absolute atomic E-state index is 0.673. The molecule has 0 radical (unpaired) electrons. The van der Waals surface area contributed by atoms with Crippen LogP contribution >= 0.6 is 11.8 Å². The summed E-state index contributed by atoms with van der Waals surface area (Å²) in [5.41, 5.74) is 11.4. The maximum atomic E-state index is 6.94. The fourth-order valence-electron chi connectivity index (χ4n) is 4.78. The van der Waals surface area contributed by atoms with Crippen molar-refractivity contribution in [3.8, 4) is 17.2 Å². The summed E-state index contributed by atoms with van der Waals surface area (Å²) < 4.78 is 17.7. The van der Waals surface area contributed by atoms with Crippen molar-refractivity contribution in [2.75, 3.05) is 26.2 Å². The molecule has 1 unspecified atom stereocenters. The molecule has 1 heterocycles. The first-order chi connectivity index (χ1) is 18.5. The van der Waals surface area contributed by atoms with Crippen LogP contribution in [-0.2, 0) is 5.60 Å². The number of hydrogen-bond acceptors (Lipinski definition) is 6. The number of ether oxygens (including phenoxy) is 3. The second-order valence-corrected chi connectivity index (χ2v) is 9.82. The fourth-order valence-corrected chi connectivity index (χ4v) is 5.63. The van der Waals surface area contributed by atoms with Crippen LogP contribution < -0.4 is 24.8 Å². The Morgan fingerprint density at radius 2 is 1.29 bits per heavy atom. The highest BCUT2D eigenvalue weighted by Gasteiger charge is 2.46. The van der Waals surface area contributed by atoms with E-state index in [9.17, 15) is 0 Å². The summed E-state index contributed by atoms with van der Waals surface area (Å²) in [5, 5.41) is 1.80. The van der Waals surface area contributed by atoms with Crippen LogP contribution in [0, 0.1) is 0 Å². The molecule has 1 atom stereocenters. The number of benzene rings is 4. The number of methoxy groups -OCH3 is 2. The normalized spacial score (nSPS) is 16.3. The summed E-state index contributed by atoms with van der Waals surface area (Å²) in [6.45, 7) is 3.99. The first-order valence-electron chi connectivity index (χ1n) is 12.2. The van der Waals surface area contributed by atoms with Crippen LogP contribution in [0.4, 0.5) is 11.4 Å². The maximum Gasteiger partial charge on any atom is 0.192 e. The summed E-state index contributed by atoms with van der Waals surface area (Å²) in [7, 11) is 5.37. The van der Waals surface area contributed by atoms with Crippen molar-refractivity contribution in [2.24, 2.45) is 5.73 Å². The number of para-hydroxylation sites is 1. The molecule has 5 rings (SSSR count). The smallest absolute Gasteiger partial charge is 0.192 e. The summed E-state index contributed by atoms with van der Waals surface area (Å²) in [6, 6.07) is 32.2. The minimum Gasteiger partial charge on any atom is -0.497 e. The largest absolute Gasteiger partial charge is 0.497 e. The van der Waals surface area contributed by atoms with E-state index in [1.165, 1.54) is 11.8 Å². The zero-order chi connectivity index (χ0) is 26.7. The van der Waals surface area contributed by atoms with Gasteiger partial charge in [-0.1, -0.05) is 54.7 Å².